The van der Waals surface area contributed by atoms with Crippen LogP contribution in [0.1, 0.15) is 21.1 Å². The quantitative estimate of drug-likeness (QED) is 0.530. The second kappa shape index (κ2) is 7.61. The van der Waals surface area contributed by atoms with E-state index in [2.05, 4.69) is 25.9 Å². The van der Waals surface area contributed by atoms with Gasteiger partial charge < -0.3 is 10.6 Å². The minimum Gasteiger partial charge on any atom is -0.339 e. The number of aryl methyl sites for hydroxylation is 2. The number of hydrogen-bond acceptors (Lipinski definition) is 6. The maximum Gasteiger partial charge on any atom is 0.265 e. The fourth-order valence-electron chi connectivity index (χ4n) is 2.75. The highest BCUT2D eigenvalue weighted by Gasteiger charge is 2.08. The molecular weight excluding hydrogens is 372 g/mol. The maximum atomic E-state index is 12.1. The minimum absolute atomic E-state index is 0.110. The van der Waals surface area contributed by atoms with Gasteiger partial charge in [-0.15, -0.1) is 21.5 Å². The zero-order valence-corrected chi connectivity index (χ0v) is 16.2. The molecule has 4 rings (SSSR count). The molecule has 3 aromatic heterocycles. The number of benzene rings is 1. The highest BCUT2D eigenvalue weighted by Crippen LogP contribution is 2.19. The Morgan fingerprint density at radius 1 is 1.00 bits per heavy atom. The van der Waals surface area contributed by atoms with Crippen molar-refractivity contribution in [2.24, 2.45) is 0 Å². The van der Waals surface area contributed by atoms with Gasteiger partial charge in [0.05, 0.1) is 10.6 Å². The van der Waals surface area contributed by atoms with E-state index in [-0.39, 0.29) is 5.91 Å². The van der Waals surface area contributed by atoms with Crippen LogP contribution >= 0.6 is 11.3 Å². The number of rotatable bonds is 5. The molecular formula is C20H18N6OS. The monoisotopic (exact) mass is 390 g/mol. The van der Waals surface area contributed by atoms with Gasteiger partial charge >= 0.3 is 0 Å². The molecule has 8 heteroatoms. The van der Waals surface area contributed by atoms with Crippen molar-refractivity contribution in [1.82, 2.24) is 20.0 Å². The van der Waals surface area contributed by atoms with Crippen molar-refractivity contribution in [2.75, 3.05) is 10.6 Å². The minimum atomic E-state index is -0.110. The van der Waals surface area contributed by atoms with Crippen LogP contribution in [0.25, 0.3) is 5.82 Å². The van der Waals surface area contributed by atoms with Gasteiger partial charge in [-0.2, -0.15) is 5.10 Å². The lowest BCUT2D eigenvalue weighted by Gasteiger charge is -2.08. The molecule has 4 aromatic rings. The lowest BCUT2D eigenvalue weighted by atomic mass is 10.2. The van der Waals surface area contributed by atoms with Crippen LogP contribution in [-0.2, 0) is 0 Å². The van der Waals surface area contributed by atoms with Crippen LogP contribution in [0.2, 0.25) is 0 Å². The SMILES string of the molecule is Cc1cc(C)n(-c2ccc(Nc3ccc(NC(=O)c4cccs4)cc3)nn2)n1. The third-order valence-corrected chi connectivity index (χ3v) is 4.91. The summed E-state index contributed by atoms with van der Waals surface area (Å²) in [6.07, 6.45) is 0. The van der Waals surface area contributed by atoms with Crippen molar-refractivity contribution in [3.63, 3.8) is 0 Å². The number of thiophene rings is 1. The summed E-state index contributed by atoms with van der Waals surface area (Å²) in [6, 6.07) is 16.8. The van der Waals surface area contributed by atoms with E-state index in [0.29, 0.717) is 16.5 Å². The molecule has 3 heterocycles. The molecule has 0 saturated heterocycles. The number of anilines is 3. The van der Waals surface area contributed by atoms with Crippen molar-refractivity contribution < 1.29 is 4.79 Å². The van der Waals surface area contributed by atoms with Crippen LogP contribution in [-0.4, -0.2) is 25.9 Å². The van der Waals surface area contributed by atoms with Crippen LogP contribution < -0.4 is 10.6 Å². The van der Waals surface area contributed by atoms with Crippen LogP contribution in [0, 0.1) is 13.8 Å². The van der Waals surface area contributed by atoms with Crippen LogP contribution in [0.4, 0.5) is 17.2 Å². The van der Waals surface area contributed by atoms with Crippen LogP contribution in [0.5, 0.6) is 0 Å². The Hall–Kier alpha value is -3.52. The van der Waals surface area contributed by atoms with Gasteiger partial charge in [0, 0.05) is 17.1 Å². The molecule has 0 aliphatic rings. The molecule has 140 valence electrons. The molecule has 0 fully saturated rings. The molecule has 0 bridgehead atoms. The number of nitrogens with one attached hydrogen (secondary N) is 2. The standard InChI is InChI=1S/C20H18N6OS/c1-13-12-14(2)26(25-13)19-10-9-18(23-24-19)21-15-5-7-16(8-6-15)22-20(27)17-4-3-11-28-17/h3-12H,1-2H3,(H,21,23)(H,22,27). The summed E-state index contributed by atoms with van der Waals surface area (Å²) in [5, 5.41) is 20.8. The Bertz CT molecular complexity index is 1080. The number of carbonyl (C=O) groups is 1. The molecule has 0 aliphatic carbocycles. The molecule has 0 spiro atoms. The van der Waals surface area contributed by atoms with Gasteiger partial charge in [-0.1, -0.05) is 6.07 Å². The van der Waals surface area contributed by atoms with E-state index in [0.717, 1.165) is 22.8 Å². The number of amides is 1. The fourth-order valence-corrected chi connectivity index (χ4v) is 3.37. The Balaban J connectivity index is 1.41. The fraction of sp³-hybridized carbons (Fsp3) is 0.100. The molecule has 0 radical (unpaired) electrons. The van der Waals surface area contributed by atoms with Crippen molar-refractivity contribution in [1.29, 1.82) is 0 Å². The highest BCUT2D eigenvalue weighted by atomic mass is 32.1. The number of hydrogen-bond donors (Lipinski definition) is 2. The first-order valence-corrected chi connectivity index (χ1v) is 9.56. The molecule has 0 saturated carbocycles. The maximum absolute atomic E-state index is 12.1. The van der Waals surface area contributed by atoms with E-state index in [9.17, 15) is 4.79 Å². The Morgan fingerprint density at radius 3 is 2.39 bits per heavy atom. The Kier molecular flexibility index (Phi) is 4.86. The van der Waals surface area contributed by atoms with Crippen molar-refractivity contribution in [3.05, 3.63) is 76.2 Å². The molecule has 0 unspecified atom stereocenters. The first-order chi connectivity index (χ1) is 13.6. The van der Waals surface area contributed by atoms with Gasteiger partial charge in [-0.05, 0) is 67.8 Å². The van der Waals surface area contributed by atoms with Crippen molar-refractivity contribution in [2.45, 2.75) is 13.8 Å². The topological polar surface area (TPSA) is 84.7 Å². The van der Waals surface area contributed by atoms with Gasteiger partial charge in [-0.3, -0.25) is 4.79 Å². The molecule has 0 atom stereocenters. The summed E-state index contributed by atoms with van der Waals surface area (Å²) < 4.78 is 1.76. The van der Waals surface area contributed by atoms with Gasteiger partial charge in [0.2, 0.25) is 0 Å². The summed E-state index contributed by atoms with van der Waals surface area (Å²) in [7, 11) is 0. The van der Waals surface area contributed by atoms with Gasteiger partial charge in [0.25, 0.3) is 5.91 Å². The van der Waals surface area contributed by atoms with Crippen molar-refractivity contribution in [3.8, 4) is 5.82 Å². The second-order valence-electron chi connectivity index (χ2n) is 6.25. The smallest absolute Gasteiger partial charge is 0.265 e. The van der Waals surface area contributed by atoms with E-state index in [1.54, 1.807) is 10.7 Å². The van der Waals surface area contributed by atoms with E-state index in [4.69, 9.17) is 0 Å². The zero-order chi connectivity index (χ0) is 19.5. The number of aromatic nitrogens is 4. The van der Waals surface area contributed by atoms with Gasteiger partial charge in [0.1, 0.15) is 0 Å². The molecule has 7 nitrogen and oxygen atoms in total. The van der Waals surface area contributed by atoms with Crippen LogP contribution in [0.3, 0.4) is 0 Å². The average molecular weight is 390 g/mol. The number of nitrogens with zero attached hydrogens (tertiary/aromatic N) is 4. The summed E-state index contributed by atoms with van der Waals surface area (Å²) in [5.74, 6) is 1.18. The largest absolute Gasteiger partial charge is 0.339 e. The Morgan fingerprint density at radius 2 is 1.79 bits per heavy atom. The van der Waals surface area contributed by atoms with E-state index >= 15 is 0 Å². The summed E-state index contributed by atoms with van der Waals surface area (Å²) in [5.41, 5.74) is 3.53. The van der Waals surface area contributed by atoms with Gasteiger partial charge in [0.15, 0.2) is 11.6 Å². The predicted molar refractivity (Wildman–Crippen MR) is 111 cm³/mol. The van der Waals surface area contributed by atoms with E-state index < -0.39 is 0 Å². The summed E-state index contributed by atoms with van der Waals surface area (Å²) in [6.45, 7) is 3.92. The normalized spacial score (nSPS) is 10.6. The first-order valence-electron chi connectivity index (χ1n) is 8.68. The molecule has 0 aliphatic heterocycles. The highest BCUT2D eigenvalue weighted by molar-refractivity contribution is 7.12. The van der Waals surface area contributed by atoms with Crippen LogP contribution in [0.15, 0.2) is 60.0 Å². The average Bonchev–Trinajstić information content (AvgIpc) is 3.34. The third-order valence-electron chi connectivity index (χ3n) is 4.04. The zero-order valence-electron chi connectivity index (χ0n) is 15.4. The van der Waals surface area contributed by atoms with E-state index in [1.165, 1.54) is 11.3 Å². The summed E-state index contributed by atoms with van der Waals surface area (Å²) in [4.78, 5) is 12.8. The van der Waals surface area contributed by atoms with Gasteiger partial charge in [-0.25, -0.2) is 4.68 Å². The third kappa shape index (κ3) is 3.91. The molecule has 2 N–H and O–H groups in total. The van der Waals surface area contributed by atoms with E-state index in [1.807, 2.05) is 67.8 Å². The Labute approximate surface area is 166 Å². The first kappa shape index (κ1) is 17.9. The lowest BCUT2D eigenvalue weighted by molar-refractivity contribution is 0.103. The van der Waals surface area contributed by atoms with Crippen molar-refractivity contribution >= 4 is 34.4 Å². The molecule has 1 amide bonds. The lowest BCUT2D eigenvalue weighted by Crippen LogP contribution is -2.09. The summed E-state index contributed by atoms with van der Waals surface area (Å²) >= 11 is 1.41. The predicted octanol–water partition coefficient (Wildman–Crippen LogP) is 4.34. The second-order valence-corrected chi connectivity index (χ2v) is 7.20. The molecule has 28 heavy (non-hydrogen) atoms. The number of carbonyl (C=O) groups excluding carboxylic acids is 1. The molecule has 1 aromatic carbocycles.